The molecule has 11 heteroatoms. The Hall–Kier alpha value is -3.49. The van der Waals surface area contributed by atoms with Gasteiger partial charge in [-0.25, -0.2) is 17.6 Å². The topological polar surface area (TPSA) is 117 Å². The summed E-state index contributed by atoms with van der Waals surface area (Å²) < 4.78 is 52.4. The summed E-state index contributed by atoms with van der Waals surface area (Å²) in [5.41, 5.74) is -0.201. The van der Waals surface area contributed by atoms with Crippen LogP contribution in [0.3, 0.4) is 0 Å². The van der Waals surface area contributed by atoms with E-state index in [1.807, 2.05) is 6.07 Å². The lowest BCUT2D eigenvalue weighted by Gasteiger charge is -2.22. The van der Waals surface area contributed by atoms with Crippen molar-refractivity contribution >= 4 is 27.6 Å². The van der Waals surface area contributed by atoms with E-state index in [2.05, 4.69) is 0 Å². The van der Waals surface area contributed by atoms with Crippen molar-refractivity contribution < 1.29 is 31.9 Å². The van der Waals surface area contributed by atoms with E-state index in [4.69, 9.17) is 14.7 Å². The van der Waals surface area contributed by atoms with E-state index in [0.29, 0.717) is 13.1 Å². The van der Waals surface area contributed by atoms with Crippen LogP contribution in [0.2, 0.25) is 0 Å². The first-order chi connectivity index (χ1) is 17.3. The molecule has 0 spiro atoms. The molecular weight excluding hydrogens is 489 g/mol. The number of amides is 1. The standard InChI is InChI=1S/C25H28FN3O6S/c1-34-23-12-11-19(36(32,33)28-14-6-2-3-7-15-28)17-20(23)25(31)35-18-24(30)29(16-8-13-27)22-10-5-4-9-21(22)26/h4-5,9-12,17H,2-3,6-8,14-16,18H2,1H3. The molecule has 1 saturated heterocycles. The van der Waals surface area contributed by atoms with E-state index < -0.39 is 34.3 Å². The second-order valence-corrected chi connectivity index (χ2v) is 10.1. The lowest BCUT2D eigenvalue weighted by molar-refractivity contribution is -0.121. The molecule has 2 aromatic carbocycles. The fourth-order valence-electron chi connectivity index (χ4n) is 3.93. The second-order valence-electron chi connectivity index (χ2n) is 8.16. The smallest absolute Gasteiger partial charge is 0.342 e. The van der Waals surface area contributed by atoms with Crippen LogP contribution in [0.25, 0.3) is 0 Å². The van der Waals surface area contributed by atoms with Crippen LogP contribution in [0.1, 0.15) is 42.5 Å². The minimum atomic E-state index is -3.84. The Bertz CT molecular complexity index is 1240. The van der Waals surface area contributed by atoms with E-state index in [9.17, 15) is 22.4 Å². The first kappa shape index (κ1) is 27.1. The zero-order chi connectivity index (χ0) is 26.1. The monoisotopic (exact) mass is 517 g/mol. The normalized spacial score (nSPS) is 14.4. The van der Waals surface area contributed by atoms with Gasteiger partial charge in [-0.15, -0.1) is 0 Å². The number of benzene rings is 2. The molecule has 0 saturated carbocycles. The van der Waals surface area contributed by atoms with Gasteiger partial charge in [-0.05, 0) is 43.2 Å². The third-order valence-corrected chi connectivity index (χ3v) is 7.71. The molecule has 0 bridgehead atoms. The van der Waals surface area contributed by atoms with Crippen molar-refractivity contribution in [2.45, 2.75) is 37.0 Å². The maximum atomic E-state index is 14.3. The summed E-state index contributed by atoms with van der Waals surface area (Å²) in [6.45, 7) is -0.0417. The van der Waals surface area contributed by atoms with Crippen molar-refractivity contribution in [2.24, 2.45) is 0 Å². The molecule has 0 aromatic heterocycles. The second kappa shape index (κ2) is 12.5. The average molecular weight is 518 g/mol. The van der Waals surface area contributed by atoms with Gasteiger partial charge in [0.15, 0.2) is 6.61 Å². The summed E-state index contributed by atoms with van der Waals surface area (Å²) >= 11 is 0. The predicted molar refractivity (Wildman–Crippen MR) is 129 cm³/mol. The number of para-hydroxylation sites is 1. The number of carbonyl (C=O) groups is 2. The molecule has 0 N–H and O–H groups in total. The molecule has 0 atom stereocenters. The number of carbonyl (C=O) groups excluding carboxylic acids is 2. The Labute approximate surface area is 210 Å². The van der Waals surface area contributed by atoms with Gasteiger partial charge in [0.25, 0.3) is 5.91 Å². The maximum Gasteiger partial charge on any atom is 0.342 e. The predicted octanol–water partition coefficient (Wildman–Crippen LogP) is 3.50. The fourth-order valence-corrected chi connectivity index (χ4v) is 5.48. The summed E-state index contributed by atoms with van der Waals surface area (Å²) in [7, 11) is -2.52. The molecule has 2 aromatic rings. The molecule has 1 amide bonds. The minimum Gasteiger partial charge on any atom is -0.496 e. The number of rotatable bonds is 9. The lowest BCUT2D eigenvalue weighted by Crippen LogP contribution is -2.36. The van der Waals surface area contributed by atoms with Gasteiger partial charge >= 0.3 is 5.97 Å². The highest BCUT2D eigenvalue weighted by atomic mass is 32.2. The van der Waals surface area contributed by atoms with Crippen LogP contribution in [0.15, 0.2) is 47.4 Å². The Balaban J connectivity index is 1.80. The summed E-state index contributed by atoms with van der Waals surface area (Å²) in [6.07, 6.45) is 3.38. The SMILES string of the molecule is COc1ccc(S(=O)(=O)N2CCCCCC2)cc1C(=O)OCC(=O)N(CCC#N)c1ccccc1F. The molecule has 0 unspecified atom stereocenters. The van der Waals surface area contributed by atoms with Gasteiger partial charge in [0.05, 0.1) is 30.2 Å². The van der Waals surface area contributed by atoms with E-state index in [1.54, 1.807) is 0 Å². The molecule has 9 nitrogen and oxygen atoms in total. The first-order valence-corrected chi connectivity index (χ1v) is 13.0. The number of ether oxygens (including phenoxy) is 2. The molecular formula is C25H28FN3O6S. The summed E-state index contributed by atoms with van der Waals surface area (Å²) in [5.74, 6) is -2.29. The van der Waals surface area contributed by atoms with Crippen molar-refractivity contribution in [3.8, 4) is 11.8 Å². The van der Waals surface area contributed by atoms with Gasteiger partial charge in [0.2, 0.25) is 10.0 Å². The number of esters is 1. The third kappa shape index (κ3) is 6.38. The Morgan fingerprint density at radius 1 is 1.11 bits per heavy atom. The van der Waals surface area contributed by atoms with Crippen LogP contribution in [0.5, 0.6) is 5.75 Å². The fraction of sp³-hybridized carbons (Fsp3) is 0.400. The number of hydrogen-bond acceptors (Lipinski definition) is 7. The van der Waals surface area contributed by atoms with Crippen molar-refractivity contribution in [3.63, 3.8) is 0 Å². The third-order valence-electron chi connectivity index (χ3n) is 5.81. The van der Waals surface area contributed by atoms with Gasteiger partial charge in [0.1, 0.15) is 17.1 Å². The molecule has 36 heavy (non-hydrogen) atoms. The minimum absolute atomic E-state index is 0.0445. The zero-order valence-corrected chi connectivity index (χ0v) is 20.8. The number of anilines is 1. The molecule has 1 fully saturated rings. The molecule has 3 rings (SSSR count). The Morgan fingerprint density at radius 2 is 1.81 bits per heavy atom. The van der Waals surface area contributed by atoms with Gasteiger partial charge in [-0.2, -0.15) is 9.57 Å². The van der Waals surface area contributed by atoms with Crippen LogP contribution >= 0.6 is 0 Å². The van der Waals surface area contributed by atoms with Gasteiger partial charge in [-0.3, -0.25) is 4.79 Å². The number of methoxy groups -OCH3 is 1. The number of hydrogen-bond donors (Lipinski definition) is 0. The molecule has 1 aliphatic heterocycles. The van der Waals surface area contributed by atoms with Crippen molar-refractivity contribution in [2.75, 3.05) is 38.3 Å². The van der Waals surface area contributed by atoms with Crippen LogP contribution in [-0.4, -0.2) is 58.0 Å². The highest BCUT2D eigenvalue weighted by molar-refractivity contribution is 7.89. The van der Waals surface area contributed by atoms with Gasteiger partial charge in [-0.1, -0.05) is 25.0 Å². The highest BCUT2D eigenvalue weighted by Crippen LogP contribution is 2.27. The molecule has 0 radical (unpaired) electrons. The molecule has 1 heterocycles. The quantitative estimate of drug-likeness (QED) is 0.467. The number of sulfonamides is 1. The first-order valence-electron chi connectivity index (χ1n) is 11.6. The largest absolute Gasteiger partial charge is 0.496 e. The maximum absolute atomic E-state index is 14.3. The number of halogens is 1. The van der Waals surface area contributed by atoms with E-state index in [1.165, 1.54) is 53.9 Å². The van der Waals surface area contributed by atoms with Crippen LogP contribution in [-0.2, 0) is 19.6 Å². The van der Waals surface area contributed by atoms with E-state index in [-0.39, 0.29) is 34.9 Å². The molecule has 192 valence electrons. The van der Waals surface area contributed by atoms with Crippen LogP contribution in [0, 0.1) is 17.1 Å². The van der Waals surface area contributed by atoms with Crippen LogP contribution < -0.4 is 9.64 Å². The lowest BCUT2D eigenvalue weighted by atomic mass is 10.2. The average Bonchev–Trinajstić information content (AvgIpc) is 3.18. The van der Waals surface area contributed by atoms with Crippen molar-refractivity contribution in [3.05, 3.63) is 53.8 Å². The van der Waals surface area contributed by atoms with E-state index >= 15 is 0 Å². The van der Waals surface area contributed by atoms with Gasteiger partial charge in [0, 0.05) is 19.6 Å². The highest BCUT2D eigenvalue weighted by Gasteiger charge is 2.28. The van der Waals surface area contributed by atoms with Crippen molar-refractivity contribution in [1.29, 1.82) is 5.26 Å². The number of nitrogens with zero attached hydrogens (tertiary/aromatic N) is 3. The van der Waals surface area contributed by atoms with Crippen LogP contribution in [0.4, 0.5) is 10.1 Å². The molecule has 0 aliphatic carbocycles. The number of nitriles is 1. The summed E-state index contributed by atoms with van der Waals surface area (Å²) in [5, 5.41) is 8.91. The van der Waals surface area contributed by atoms with Crippen molar-refractivity contribution in [1.82, 2.24) is 4.31 Å². The zero-order valence-electron chi connectivity index (χ0n) is 20.0. The Kier molecular flexibility index (Phi) is 9.38. The van der Waals surface area contributed by atoms with Gasteiger partial charge < -0.3 is 14.4 Å². The Morgan fingerprint density at radius 3 is 2.44 bits per heavy atom. The molecule has 1 aliphatic rings. The summed E-state index contributed by atoms with van der Waals surface area (Å²) in [4.78, 5) is 26.6. The summed E-state index contributed by atoms with van der Waals surface area (Å²) in [6, 6.07) is 11.4. The van der Waals surface area contributed by atoms with E-state index in [0.717, 1.165) is 30.6 Å².